The highest BCUT2D eigenvalue weighted by Gasteiger charge is 2.36. The van der Waals surface area contributed by atoms with E-state index in [2.05, 4.69) is 199 Å². The average molecular weight is 714 g/mol. The first-order chi connectivity index (χ1) is 27.0. The van der Waals surface area contributed by atoms with E-state index in [-0.39, 0.29) is 11.5 Å². The minimum absolute atomic E-state index is 0.0412. The van der Waals surface area contributed by atoms with Crippen LogP contribution in [0.5, 0.6) is 0 Å². The van der Waals surface area contributed by atoms with Gasteiger partial charge in [-0.1, -0.05) is 117 Å². The number of fused-ring (bicyclic) bond motifs is 6. The van der Waals surface area contributed by atoms with Gasteiger partial charge in [-0.15, -0.1) is 0 Å². The Kier molecular flexibility index (Phi) is 8.13. The van der Waals surface area contributed by atoms with Crippen molar-refractivity contribution in [2.24, 2.45) is 7.05 Å². The second-order valence-corrected chi connectivity index (χ2v) is 16.0. The molecule has 1 heterocycles. The van der Waals surface area contributed by atoms with Crippen molar-refractivity contribution < 1.29 is 0 Å². The first kappa shape index (κ1) is 33.5. The average Bonchev–Trinajstić information content (AvgIpc) is 3.65. The van der Waals surface area contributed by atoms with Gasteiger partial charge in [0.1, 0.15) is 0 Å². The Hall–Kier alpha value is -6.06. The molecule has 5 aromatic carbocycles. The summed E-state index contributed by atoms with van der Waals surface area (Å²) < 4.78 is 2.37. The number of aryl methyl sites for hydroxylation is 1. The van der Waals surface area contributed by atoms with Crippen LogP contribution in [0.1, 0.15) is 57.1 Å². The van der Waals surface area contributed by atoms with E-state index in [4.69, 9.17) is 0 Å². The van der Waals surface area contributed by atoms with Gasteiger partial charge in [-0.05, 0) is 126 Å². The minimum atomic E-state index is -0.0412. The van der Waals surface area contributed by atoms with Gasteiger partial charge < -0.3 is 14.4 Å². The van der Waals surface area contributed by atoms with E-state index in [1.807, 2.05) is 0 Å². The van der Waals surface area contributed by atoms with Gasteiger partial charge in [-0.3, -0.25) is 0 Å². The molecule has 1 atom stereocenters. The van der Waals surface area contributed by atoms with Crippen molar-refractivity contribution in [3.05, 3.63) is 196 Å². The first-order valence-electron chi connectivity index (χ1n) is 19.9. The summed E-state index contributed by atoms with van der Waals surface area (Å²) in [7, 11) is 2.21. The van der Waals surface area contributed by atoms with Gasteiger partial charge in [-0.2, -0.15) is 0 Å². The van der Waals surface area contributed by atoms with Crippen molar-refractivity contribution >= 4 is 40.1 Å². The Morgan fingerprint density at radius 3 is 1.95 bits per heavy atom. The zero-order valence-electron chi connectivity index (χ0n) is 32.0. The molecular formula is C52H47N3. The largest absolute Gasteiger partial charge is 0.344 e. The number of para-hydroxylation sites is 3. The predicted molar refractivity (Wildman–Crippen MR) is 232 cm³/mol. The fourth-order valence-corrected chi connectivity index (χ4v) is 9.75. The van der Waals surface area contributed by atoms with Gasteiger partial charge in [0.25, 0.3) is 0 Å². The molecular weight excluding hydrogens is 667 g/mol. The van der Waals surface area contributed by atoms with Crippen LogP contribution in [0.3, 0.4) is 0 Å². The molecule has 270 valence electrons. The van der Waals surface area contributed by atoms with Crippen molar-refractivity contribution in [1.29, 1.82) is 0 Å². The topological polar surface area (TPSA) is 11.4 Å². The van der Waals surface area contributed by atoms with Crippen molar-refractivity contribution in [1.82, 2.24) is 4.57 Å². The lowest BCUT2D eigenvalue weighted by molar-refractivity contribution is 0.660. The van der Waals surface area contributed by atoms with Crippen LogP contribution in [0.25, 0.3) is 34.2 Å². The smallest absolute Gasteiger partial charge is 0.0577 e. The van der Waals surface area contributed by atoms with Gasteiger partial charge in [0.15, 0.2) is 0 Å². The summed E-state index contributed by atoms with van der Waals surface area (Å²) >= 11 is 0. The van der Waals surface area contributed by atoms with Crippen LogP contribution in [0, 0.1) is 0 Å². The second-order valence-electron chi connectivity index (χ2n) is 16.0. The standard InChI is InChI=1S/C52H47N3/c1-52(2)48-20-12-10-18-44(48)45-32-30-42(34-49(45)52)54(38-14-6-4-7-15-38)40-26-22-36(23-27-40)37-24-28-41(29-25-37)55(39-16-8-5-9-17-39)43-31-33-47-46-19-11-13-21-50(46)53(3)51(47)35-43/h4-22,24,26,28,30,32-35,43H,23,25,27,29,31H2,1-3H3. The highest BCUT2D eigenvalue weighted by molar-refractivity contribution is 5.85. The maximum absolute atomic E-state index is 2.59. The molecule has 6 aromatic rings. The Morgan fingerprint density at radius 2 is 1.22 bits per heavy atom. The zero-order valence-corrected chi connectivity index (χ0v) is 32.0. The molecule has 0 saturated heterocycles. The third kappa shape index (κ3) is 5.64. The molecule has 0 spiro atoms. The van der Waals surface area contributed by atoms with Crippen LogP contribution < -0.4 is 20.4 Å². The third-order valence-electron chi connectivity index (χ3n) is 12.6. The van der Waals surface area contributed by atoms with Gasteiger partial charge in [0, 0.05) is 62.4 Å². The van der Waals surface area contributed by atoms with Gasteiger partial charge >= 0.3 is 0 Å². The van der Waals surface area contributed by atoms with E-state index in [9.17, 15) is 0 Å². The van der Waals surface area contributed by atoms with E-state index >= 15 is 0 Å². The van der Waals surface area contributed by atoms with Crippen molar-refractivity contribution in [3.63, 3.8) is 0 Å². The summed E-state index contributed by atoms with van der Waals surface area (Å²) in [5.74, 6) is 0. The fourth-order valence-electron chi connectivity index (χ4n) is 9.75. The molecule has 0 saturated carbocycles. The highest BCUT2D eigenvalue weighted by atomic mass is 15.2. The van der Waals surface area contributed by atoms with E-state index in [0.717, 1.165) is 32.1 Å². The molecule has 3 heteroatoms. The predicted octanol–water partition coefficient (Wildman–Crippen LogP) is 11.4. The van der Waals surface area contributed by atoms with E-state index < -0.39 is 0 Å². The molecule has 0 fully saturated rings. The lowest BCUT2D eigenvalue weighted by Gasteiger charge is -2.36. The molecule has 4 aliphatic rings. The summed E-state index contributed by atoms with van der Waals surface area (Å²) in [6, 6.07) is 46.9. The molecule has 0 aliphatic heterocycles. The second kappa shape index (κ2) is 13.4. The number of hydrogen-bond acceptors (Lipinski definition) is 2. The van der Waals surface area contributed by atoms with E-state index in [0.29, 0.717) is 0 Å². The lowest BCUT2D eigenvalue weighted by atomic mass is 9.82. The number of nitrogens with zero attached hydrogens (tertiary/aromatic N) is 3. The highest BCUT2D eigenvalue weighted by Crippen LogP contribution is 2.50. The molecule has 0 amide bonds. The van der Waals surface area contributed by atoms with Crippen LogP contribution in [0.15, 0.2) is 174 Å². The molecule has 0 bridgehead atoms. The number of allylic oxidation sites excluding steroid dienone is 8. The van der Waals surface area contributed by atoms with Crippen LogP contribution in [0.4, 0.5) is 17.1 Å². The summed E-state index contributed by atoms with van der Waals surface area (Å²) in [6.07, 6.45) is 19.6. The molecule has 0 radical (unpaired) electrons. The third-order valence-corrected chi connectivity index (χ3v) is 12.6. The SMILES string of the molecule is Cn1c2c(c3ccccc31)=CCC(N(C1=CC=C(C3=CC=C(N(c4ccccc4)c4ccc5c(c4)C(C)(C)c4ccccc4-5)CC3)CC1)c1ccccc1)C=2. The summed E-state index contributed by atoms with van der Waals surface area (Å²) in [6.45, 7) is 4.74. The van der Waals surface area contributed by atoms with Crippen molar-refractivity contribution in [3.8, 4) is 11.1 Å². The first-order valence-corrected chi connectivity index (χ1v) is 19.9. The van der Waals surface area contributed by atoms with Crippen molar-refractivity contribution in [2.75, 3.05) is 9.80 Å². The van der Waals surface area contributed by atoms with Crippen LogP contribution in [0.2, 0.25) is 0 Å². The minimum Gasteiger partial charge on any atom is -0.344 e. The monoisotopic (exact) mass is 713 g/mol. The summed E-state index contributed by atoms with van der Waals surface area (Å²) in [5, 5.41) is 4.03. The molecule has 55 heavy (non-hydrogen) atoms. The molecule has 1 aromatic heterocycles. The maximum Gasteiger partial charge on any atom is 0.0577 e. The van der Waals surface area contributed by atoms with Crippen LogP contribution in [-0.4, -0.2) is 10.6 Å². The van der Waals surface area contributed by atoms with Gasteiger partial charge in [0.2, 0.25) is 0 Å². The quantitative estimate of drug-likeness (QED) is 0.163. The molecule has 4 aliphatic carbocycles. The number of benzene rings is 5. The molecule has 10 rings (SSSR count). The van der Waals surface area contributed by atoms with Gasteiger partial charge in [0.05, 0.1) is 6.04 Å². The van der Waals surface area contributed by atoms with Crippen LogP contribution in [-0.2, 0) is 12.5 Å². The molecule has 1 unspecified atom stereocenters. The number of aromatic nitrogens is 1. The molecule has 3 nitrogen and oxygen atoms in total. The normalized spacial score (nSPS) is 18.1. The number of rotatable bonds is 7. The summed E-state index contributed by atoms with van der Waals surface area (Å²) in [5.41, 5.74) is 16.1. The maximum atomic E-state index is 2.59. The zero-order chi connectivity index (χ0) is 37.1. The number of anilines is 3. The Balaban J connectivity index is 0.969. The van der Waals surface area contributed by atoms with Crippen LogP contribution >= 0.6 is 0 Å². The molecule has 0 N–H and O–H groups in total. The van der Waals surface area contributed by atoms with E-state index in [1.54, 1.807) is 0 Å². The summed E-state index contributed by atoms with van der Waals surface area (Å²) in [4.78, 5) is 5.07. The van der Waals surface area contributed by atoms with Gasteiger partial charge in [-0.25, -0.2) is 0 Å². The Bertz CT molecular complexity index is 2720. The Morgan fingerprint density at radius 1 is 0.582 bits per heavy atom. The fraction of sp³-hybridized carbons (Fsp3) is 0.192. The lowest BCUT2D eigenvalue weighted by Crippen LogP contribution is -2.41. The Labute approximate surface area is 324 Å². The number of hydrogen-bond donors (Lipinski definition) is 0. The van der Waals surface area contributed by atoms with Crippen molar-refractivity contribution in [2.45, 2.75) is 57.4 Å². The van der Waals surface area contributed by atoms with E-state index in [1.165, 1.54) is 83.3 Å².